The van der Waals surface area contributed by atoms with Crippen LogP contribution in [0.25, 0.3) is 28.1 Å². The molecule has 1 amide bonds. The van der Waals surface area contributed by atoms with Crippen molar-refractivity contribution in [2.75, 3.05) is 47.3 Å². The van der Waals surface area contributed by atoms with Crippen LogP contribution in [0.5, 0.6) is 0 Å². The lowest BCUT2D eigenvalue weighted by Crippen LogP contribution is -2.50. The molecule has 1 aliphatic heterocycles. The first-order valence-corrected chi connectivity index (χ1v) is 18.6. The Morgan fingerprint density at radius 2 is 1.54 bits per heavy atom. The van der Waals surface area contributed by atoms with E-state index < -0.39 is 49.1 Å². The van der Waals surface area contributed by atoms with E-state index >= 15 is 8.78 Å². The highest BCUT2D eigenvalue weighted by molar-refractivity contribution is 8.09. The van der Waals surface area contributed by atoms with E-state index in [1.807, 2.05) is 4.90 Å². The van der Waals surface area contributed by atoms with Gasteiger partial charge in [-0.05, 0) is 63.2 Å². The predicted molar refractivity (Wildman–Crippen MR) is 179 cm³/mol. The fourth-order valence-corrected chi connectivity index (χ4v) is 8.44. The standard InChI is InChI=1S/C31H33ClF2N6O6S2/c1-31(2,3)46-30(41)38-14-12-37(13-15-38)22-6-7-26(25(33)18-22)39-19-24(29(36-39)20-8-10-35-11-9-20)23-16-21(32)17-27(28(23)34)40(47(4,42)43)48(5,44)45/h6-11,16-19H,12-15H2,1-5H3. The molecule has 2 aromatic carbocycles. The van der Waals surface area contributed by atoms with Crippen molar-refractivity contribution in [3.05, 3.63) is 77.7 Å². The van der Waals surface area contributed by atoms with Crippen LogP contribution in [0.1, 0.15) is 20.8 Å². The normalized spacial score (nSPS) is 14.2. The lowest BCUT2D eigenvalue weighted by Gasteiger charge is -2.36. The Labute approximate surface area is 282 Å². The second-order valence-electron chi connectivity index (χ2n) is 12.2. The fraction of sp³-hybridized carbons (Fsp3) is 0.323. The molecule has 0 saturated carbocycles. The molecular formula is C31H33ClF2N6O6S2. The van der Waals surface area contributed by atoms with Crippen molar-refractivity contribution in [2.24, 2.45) is 0 Å². The van der Waals surface area contributed by atoms with Gasteiger partial charge in [-0.3, -0.25) is 4.98 Å². The maximum Gasteiger partial charge on any atom is 0.410 e. The molecule has 0 unspecified atom stereocenters. The van der Waals surface area contributed by atoms with Gasteiger partial charge in [0.2, 0.25) is 20.0 Å². The number of carbonyl (C=O) groups excluding carboxylic acids is 1. The molecular weight excluding hydrogens is 690 g/mol. The molecule has 2 aromatic heterocycles. The average molecular weight is 723 g/mol. The Balaban J connectivity index is 1.54. The number of halogens is 3. The molecule has 12 nitrogen and oxygen atoms in total. The average Bonchev–Trinajstić information content (AvgIpc) is 3.42. The highest BCUT2D eigenvalue weighted by atomic mass is 35.5. The summed E-state index contributed by atoms with van der Waals surface area (Å²) in [5.41, 5.74) is -0.404. The van der Waals surface area contributed by atoms with Gasteiger partial charge in [0.1, 0.15) is 22.7 Å². The summed E-state index contributed by atoms with van der Waals surface area (Å²) >= 11 is 6.30. The Hall–Kier alpha value is -4.28. The lowest BCUT2D eigenvalue weighted by molar-refractivity contribution is 0.0240. The van der Waals surface area contributed by atoms with Crippen molar-refractivity contribution in [1.82, 2.24) is 19.7 Å². The van der Waals surface area contributed by atoms with Crippen molar-refractivity contribution in [2.45, 2.75) is 26.4 Å². The van der Waals surface area contributed by atoms with Gasteiger partial charge in [-0.15, -0.1) is 0 Å². The number of aromatic nitrogens is 3. The molecule has 0 spiro atoms. The molecule has 256 valence electrons. The molecule has 1 fully saturated rings. The molecule has 5 rings (SSSR count). The van der Waals surface area contributed by atoms with Crippen LogP contribution >= 0.6 is 11.6 Å². The van der Waals surface area contributed by atoms with Crippen LogP contribution in [0.3, 0.4) is 0 Å². The van der Waals surface area contributed by atoms with Gasteiger partial charge in [0.25, 0.3) is 0 Å². The van der Waals surface area contributed by atoms with Gasteiger partial charge in [0, 0.05) is 72.2 Å². The Morgan fingerprint density at radius 1 is 0.917 bits per heavy atom. The third-order valence-electron chi connectivity index (χ3n) is 7.25. The van der Waals surface area contributed by atoms with Crippen LogP contribution in [0, 0.1) is 11.6 Å². The number of hydrogen-bond acceptors (Lipinski definition) is 9. The molecule has 0 bridgehead atoms. The summed E-state index contributed by atoms with van der Waals surface area (Å²) in [5.74, 6) is -1.85. The van der Waals surface area contributed by atoms with Crippen molar-refractivity contribution in [3.8, 4) is 28.1 Å². The first-order valence-electron chi connectivity index (χ1n) is 14.6. The largest absolute Gasteiger partial charge is 0.444 e. The number of benzene rings is 2. The van der Waals surface area contributed by atoms with E-state index in [1.54, 1.807) is 43.9 Å². The topological polar surface area (TPSA) is 135 Å². The van der Waals surface area contributed by atoms with E-state index in [9.17, 15) is 21.6 Å². The van der Waals surface area contributed by atoms with Gasteiger partial charge in [-0.25, -0.2) is 35.1 Å². The fourth-order valence-electron chi connectivity index (χ4n) is 5.28. The quantitative estimate of drug-likeness (QED) is 0.249. The van der Waals surface area contributed by atoms with Crippen molar-refractivity contribution in [1.29, 1.82) is 0 Å². The summed E-state index contributed by atoms with van der Waals surface area (Å²) in [6.07, 6.45) is 5.14. The number of piperazine rings is 1. The summed E-state index contributed by atoms with van der Waals surface area (Å²) < 4.78 is 88.6. The summed E-state index contributed by atoms with van der Waals surface area (Å²) in [7, 11) is -9.02. The van der Waals surface area contributed by atoms with Gasteiger partial charge >= 0.3 is 6.09 Å². The van der Waals surface area contributed by atoms with Gasteiger partial charge in [0.05, 0.1) is 12.5 Å². The van der Waals surface area contributed by atoms with Crippen LogP contribution in [0.15, 0.2) is 61.1 Å². The minimum Gasteiger partial charge on any atom is -0.444 e. The zero-order valence-corrected chi connectivity index (χ0v) is 29.1. The number of amides is 1. The van der Waals surface area contributed by atoms with Crippen LogP contribution in [-0.2, 0) is 24.8 Å². The van der Waals surface area contributed by atoms with Crippen LogP contribution in [0.4, 0.5) is 25.0 Å². The van der Waals surface area contributed by atoms with E-state index in [0.29, 0.717) is 49.9 Å². The molecule has 0 N–H and O–H groups in total. The number of hydrogen-bond donors (Lipinski definition) is 0. The number of sulfonamides is 2. The first-order chi connectivity index (χ1) is 22.3. The maximum atomic E-state index is 16.3. The van der Waals surface area contributed by atoms with Crippen molar-refractivity contribution >= 4 is 49.1 Å². The number of carbonyl (C=O) groups is 1. The van der Waals surface area contributed by atoms with Gasteiger partial charge in [-0.2, -0.15) is 8.81 Å². The van der Waals surface area contributed by atoms with Crippen molar-refractivity contribution in [3.63, 3.8) is 0 Å². The molecule has 3 heterocycles. The molecule has 17 heteroatoms. The lowest BCUT2D eigenvalue weighted by atomic mass is 10.0. The Bertz CT molecular complexity index is 2050. The molecule has 0 aliphatic carbocycles. The third-order valence-corrected chi connectivity index (χ3v) is 10.7. The zero-order chi connectivity index (χ0) is 35.2. The van der Waals surface area contributed by atoms with Crippen LogP contribution < -0.4 is 8.61 Å². The highest BCUT2D eigenvalue weighted by Gasteiger charge is 2.33. The predicted octanol–water partition coefficient (Wildman–Crippen LogP) is 5.32. The molecule has 48 heavy (non-hydrogen) atoms. The van der Waals surface area contributed by atoms with Gasteiger partial charge < -0.3 is 14.5 Å². The number of nitrogens with zero attached hydrogens (tertiary/aromatic N) is 6. The molecule has 0 atom stereocenters. The van der Waals surface area contributed by atoms with E-state index in [2.05, 4.69) is 10.1 Å². The summed E-state index contributed by atoms with van der Waals surface area (Å²) in [6.45, 7) is 7.06. The molecule has 1 aliphatic rings. The summed E-state index contributed by atoms with van der Waals surface area (Å²) in [4.78, 5) is 20.0. The number of ether oxygens (including phenoxy) is 1. The monoisotopic (exact) mass is 722 g/mol. The van der Waals surface area contributed by atoms with E-state index in [0.717, 1.165) is 6.07 Å². The SMILES string of the molecule is CC(C)(C)OC(=O)N1CCN(c2ccc(-n3cc(-c4cc(Cl)cc(N(S(C)(=O)=O)S(C)(=O)=O)c4F)c(-c4ccncc4)n3)c(F)c2)CC1. The van der Waals surface area contributed by atoms with Crippen LogP contribution in [0.2, 0.25) is 5.02 Å². The Morgan fingerprint density at radius 3 is 2.10 bits per heavy atom. The van der Waals surface area contributed by atoms with Gasteiger partial charge in [-0.1, -0.05) is 11.6 Å². The zero-order valence-electron chi connectivity index (χ0n) is 26.7. The first kappa shape index (κ1) is 35.0. The number of rotatable bonds is 7. The van der Waals surface area contributed by atoms with Gasteiger partial charge in [0.15, 0.2) is 11.6 Å². The smallest absolute Gasteiger partial charge is 0.410 e. The minimum absolute atomic E-state index is 0.0178. The molecule has 1 saturated heterocycles. The summed E-state index contributed by atoms with van der Waals surface area (Å²) in [5, 5.41) is 4.39. The van der Waals surface area contributed by atoms with E-state index in [4.69, 9.17) is 16.3 Å². The van der Waals surface area contributed by atoms with E-state index in [-0.39, 0.29) is 31.2 Å². The second-order valence-corrected chi connectivity index (χ2v) is 16.5. The van der Waals surface area contributed by atoms with E-state index in [1.165, 1.54) is 41.5 Å². The minimum atomic E-state index is -4.51. The number of anilines is 2. The van der Waals surface area contributed by atoms with Crippen molar-refractivity contribution < 1.29 is 35.1 Å². The van der Waals surface area contributed by atoms with Crippen LogP contribution in [-0.4, -0.2) is 86.9 Å². The third kappa shape index (κ3) is 7.55. The highest BCUT2D eigenvalue weighted by Crippen LogP contribution is 2.40. The second kappa shape index (κ2) is 13.0. The molecule has 4 aromatic rings. The summed E-state index contributed by atoms with van der Waals surface area (Å²) in [6, 6.07) is 9.82. The maximum absolute atomic E-state index is 16.3. The molecule has 0 radical (unpaired) electrons. The Kier molecular flexibility index (Phi) is 9.47. The number of pyridine rings is 1.